The van der Waals surface area contributed by atoms with Gasteiger partial charge in [-0.15, -0.1) is 0 Å². The monoisotopic (exact) mass is 262 g/mol. The van der Waals surface area contributed by atoms with E-state index in [4.69, 9.17) is 0 Å². The normalized spacial score (nSPS) is 22.7. The Bertz CT molecular complexity index is 429. The molecule has 0 unspecified atom stereocenters. The third kappa shape index (κ3) is 2.40. The van der Waals surface area contributed by atoms with E-state index in [1.807, 2.05) is 23.1 Å². The van der Waals surface area contributed by atoms with Crippen LogP contribution in [0.15, 0.2) is 30.3 Å². The van der Waals surface area contributed by atoms with Crippen molar-refractivity contribution >= 4 is 17.0 Å². The van der Waals surface area contributed by atoms with Crippen LogP contribution in [0.4, 0.5) is 4.79 Å². The highest BCUT2D eigenvalue weighted by atomic mass is 32.2. The summed E-state index contributed by atoms with van der Waals surface area (Å²) in [5.41, 5.74) is 1.22. The molecule has 1 N–H and O–H groups in total. The second-order valence-electron chi connectivity index (χ2n) is 5.14. The third-order valence-corrected chi connectivity index (χ3v) is 5.18. The Balaban J connectivity index is 1.69. The highest BCUT2D eigenvalue weighted by molar-refractivity contribution is 8.15. The first-order valence-corrected chi connectivity index (χ1v) is 7.32. The van der Waals surface area contributed by atoms with Crippen molar-refractivity contribution in [3.05, 3.63) is 35.9 Å². The second kappa shape index (κ2) is 4.94. The number of thioether (sulfide) groups is 1. The van der Waals surface area contributed by atoms with Gasteiger partial charge >= 0.3 is 0 Å². The molecule has 2 aliphatic heterocycles. The lowest BCUT2D eigenvalue weighted by molar-refractivity contribution is 0.217. The van der Waals surface area contributed by atoms with Crippen LogP contribution in [0.3, 0.4) is 0 Å². The molecule has 0 radical (unpaired) electrons. The van der Waals surface area contributed by atoms with Crippen LogP contribution >= 0.6 is 11.8 Å². The van der Waals surface area contributed by atoms with Crippen LogP contribution in [0.1, 0.15) is 18.4 Å². The highest BCUT2D eigenvalue weighted by Crippen LogP contribution is 2.42. The summed E-state index contributed by atoms with van der Waals surface area (Å²) in [5, 5.41) is 3.62. The van der Waals surface area contributed by atoms with Gasteiger partial charge in [-0.25, -0.2) is 0 Å². The summed E-state index contributed by atoms with van der Waals surface area (Å²) < 4.78 is 0.178. The number of carbonyl (C=O) groups excluding carboxylic acids is 1. The predicted molar refractivity (Wildman–Crippen MR) is 74.7 cm³/mol. The van der Waals surface area contributed by atoms with E-state index in [0.717, 1.165) is 39.0 Å². The number of rotatable bonds is 2. The molecule has 0 atom stereocenters. The van der Waals surface area contributed by atoms with E-state index in [1.54, 1.807) is 11.8 Å². The molecule has 1 amide bonds. The van der Waals surface area contributed by atoms with Crippen LogP contribution < -0.4 is 5.32 Å². The van der Waals surface area contributed by atoms with Gasteiger partial charge in [-0.1, -0.05) is 42.1 Å². The Kier molecular flexibility index (Phi) is 3.31. The summed E-state index contributed by atoms with van der Waals surface area (Å²) in [4.78, 5) is 14.1. The molecule has 96 valence electrons. The summed E-state index contributed by atoms with van der Waals surface area (Å²) in [5.74, 6) is 0. The number of piperidine rings is 1. The van der Waals surface area contributed by atoms with Crippen LogP contribution in [-0.2, 0) is 6.54 Å². The number of amides is 1. The molecule has 0 aromatic heterocycles. The molecule has 0 aliphatic carbocycles. The van der Waals surface area contributed by atoms with E-state index in [2.05, 4.69) is 17.4 Å². The van der Waals surface area contributed by atoms with E-state index in [9.17, 15) is 4.79 Å². The van der Waals surface area contributed by atoms with Gasteiger partial charge in [0.05, 0.1) is 0 Å². The smallest absolute Gasteiger partial charge is 0.282 e. The zero-order valence-corrected chi connectivity index (χ0v) is 11.2. The zero-order valence-electron chi connectivity index (χ0n) is 10.4. The summed E-state index contributed by atoms with van der Waals surface area (Å²) >= 11 is 1.56. The Labute approximate surface area is 112 Å². The van der Waals surface area contributed by atoms with Gasteiger partial charge in [0.15, 0.2) is 0 Å². The van der Waals surface area contributed by atoms with E-state index in [0.29, 0.717) is 0 Å². The van der Waals surface area contributed by atoms with Crippen LogP contribution in [0.25, 0.3) is 0 Å². The predicted octanol–water partition coefficient (Wildman–Crippen LogP) is 2.48. The van der Waals surface area contributed by atoms with Crippen LogP contribution in [0.2, 0.25) is 0 Å². The van der Waals surface area contributed by atoms with Crippen molar-refractivity contribution in [2.75, 3.05) is 19.6 Å². The third-order valence-electron chi connectivity index (χ3n) is 3.77. The lowest BCUT2D eigenvalue weighted by Crippen LogP contribution is -2.42. The molecule has 4 heteroatoms. The minimum absolute atomic E-state index is 0.178. The molecule has 0 saturated carbocycles. The summed E-state index contributed by atoms with van der Waals surface area (Å²) in [6.07, 6.45) is 2.21. The first-order valence-electron chi connectivity index (χ1n) is 6.50. The van der Waals surface area contributed by atoms with Crippen molar-refractivity contribution in [2.45, 2.75) is 24.1 Å². The lowest BCUT2D eigenvalue weighted by Gasteiger charge is -2.31. The number of hydrogen-bond donors (Lipinski definition) is 1. The lowest BCUT2D eigenvalue weighted by atomic mass is 9.96. The summed E-state index contributed by atoms with van der Waals surface area (Å²) in [7, 11) is 0. The van der Waals surface area contributed by atoms with Gasteiger partial charge in [0, 0.05) is 17.8 Å². The molecular weight excluding hydrogens is 244 g/mol. The largest absolute Gasteiger partial charge is 0.328 e. The van der Waals surface area contributed by atoms with Crippen LogP contribution in [-0.4, -0.2) is 34.5 Å². The number of nitrogens with one attached hydrogen (secondary N) is 1. The maximum Gasteiger partial charge on any atom is 0.282 e. The van der Waals surface area contributed by atoms with Gasteiger partial charge in [0.2, 0.25) is 0 Å². The molecule has 3 rings (SSSR count). The van der Waals surface area contributed by atoms with Gasteiger partial charge < -0.3 is 10.2 Å². The average Bonchev–Trinajstić information content (AvgIpc) is 2.68. The van der Waals surface area contributed by atoms with Gasteiger partial charge in [0.25, 0.3) is 5.24 Å². The fourth-order valence-electron chi connectivity index (χ4n) is 2.76. The summed E-state index contributed by atoms with van der Waals surface area (Å²) in [6, 6.07) is 10.3. The molecule has 18 heavy (non-hydrogen) atoms. The van der Waals surface area contributed by atoms with Crippen LogP contribution in [0.5, 0.6) is 0 Å². The number of nitrogens with zero attached hydrogens (tertiary/aromatic N) is 1. The van der Waals surface area contributed by atoms with Crippen molar-refractivity contribution in [3.8, 4) is 0 Å². The molecule has 0 bridgehead atoms. The Morgan fingerprint density at radius 2 is 1.94 bits per heavy atom. The average molecular weight is 262 g/mol. The number of benzene rings is 1. The van der Waals surface area contributed by atoms with Crippen molar-refractivity contribution in [2.24, 2.45) is 0 Å². The maximum atomic E-state index is 12.1. The molecule has 1 spiro atoms. The minimum atomic E-state index is 0.178. The van der Waals surface area contributed by atoms with Gasteiger partial charge in [-0.3, -0.25) is 4.79 Å². The van der Waals surface area contributed by atoms with Crippen molar-refractivity contribution in [3.63, 3.8) is 0 Å². The molecule has 2 aliphatic rings. The van der Waals surface area contributed by atoms with E-state index >= 15 is 0 Å². The molecule has 2 fully saturated rings. The fourth-order valence-corrected chi connectivity index (χ4v) is 4.02. The first kappa shape index (κ1) is 12.1. The topological polar surface area (TPSA) is 32.3 Å². The van der Waals surface area contributed by atoms with Gasteiger partial charge in [-0.2, -0.15) is 0 Å². The Hall–Kier alpha value is -1.00. The van der Waals surface area contributed by atoms with E-state index in [1.165, 1.54) is 5.56 Å². The van der Waals surface area contributed by atoms with Crippen molar-refractivity contribution < 1.29 is 4.79 Å². The van der Waals surface area contributed by atoms with Crippen molar-refractivity contribution in [1.29, 1.82) is 0 Å². The van der Waals surface area contributed by atoms with E-state index < -0.39 is 0 Å². The first-order chi connectivity index (χ1) is 8.77. The Morgan fingerprint density at radius 1 is 1.22 bits per heavy atom. The number of hydrogen-bond acceptors (Lipinski definition) is 3. The Morgan fingerprint density at radius 3 is 2.67 bits per heavy atom. The highest BCUT2D eigenvalue weighted by Gasteiger charge is 2.44. The second-order valence-corrected chi connectivity index (χ2v) is 6.56. The molecule has 2 saturated heterocycles. The molecule has 1 aromatic rings. The minimum Gasteiger partial charge on any atom is -0.328 e. The van der Waals surface area contributed by atoms with Crippen LogP contribution in [0, 0.1) is 0 Å². The van der Waals surface area contributed by atoms with Crippen molar-refractivity contribution in [1.82, 2.24) is 10.2 Å². The molecular formula is C14H18N2OS. The molecule has 3 nitrogen and oxygen atoms in total. The molecule has 1 aromatic carbocycles. The number of carbonyl (C=O) groups is 1. The maximum absolute atomic E-state index is 12.1. The SMILES string of the molecule is O=C1SC2(CCNCC2)CN1Cc1ccccc1. The van der Waals surface area contributed by atoms with Gasteiger partial charge in [-0.05, 0) is 31.5 Å². The quantitative estimate of drug-likeness (QED) is 0.888. The zero-order chi connectivity index (χ0) is 12.4. The fraction of sp³-hybridized carbons (Fsp3) is 0.500. The molecule has 2 heterocycles. The summed E-state index contributed by atoms with van der Waals surface area (Å²) in [6.45, 7) is 3.74. The van der Waals surface area contributed by atoms with Gasteiger partial charge in [0.1, 0.15) is 0 Å². The standard InChI is InChI=1S/C14H18N2OS/c17-13-16(10-12-4-2-1-3-5-12)11-14(18-13)6-8-15-9-7-14/h1-5,15H,6-11H2. The van der Waals surface area contributed by atoms with E-state index in [-0.39, 0.29) is 9.99 Å².